The smallest absolute Gasteiger partial charge is 0.401 e. The second-order valence-corrected chi connectivity index (χ2v) is 4.49. The third-order valence-electron chi connectivity index (χ3n) is 2.65. The van der Waals surface area contributed by atoms with E-state index in [-0.39, 0.29) is 18.2 Å². The minimum atomic E-state index is -4.22. The van der Waals surface area contributed by atoms with Crippen molar-refractivity contribution >= 4 is 0 Å². The minimum Gasteiger partial charge on any atom is -0.494 e. The summed E-state index contributed by atoms with van der Waals surface area (Å²) >= 11 is 0. The van der Waals surface area contributed by atoms with Crippen molar-refractivity contribution in [3.63, 3.8) is 0 Å². The molecule has 1 rings (SSSR count). The molecule has 0 heterocycles. The van der Waals surface area contributed by atoms with Crippen molar-refractivity contribution in [2.24, 2.45) is 5.92 Å². The highest BCUT2D eigenvalue weighted by molar-refractivity contribution is 5.31. The van der Waals surface area contributed by atoms with E-state index >= 15 is 0 Å². The number of ether oxygens (including phenoxy) is 1. The molecular weight excluding hydrogens is 262 g/mol. The Morgan fingerprint density at radius 3 is 2.58 bits per heavy atom. The van der Waals surface area contributed by atoms with Gasteiger partial charge in [0.2, 0.25) is 0 Å². The van der Waals surface area contributed by atoms with Gasteiger partial charge in [0.1, 0.15) is 0 Å². The molecule has 1 aromatic carbocycles. The molecule has 0 saturated heterocycles. The second-order valence-electron chi connectivity index (χ2n) is 4.49. The van der Waals surface area contributed by atoms with E-state index in [1.54, 1.807) is 19.1 Å². The predicted molar refractivity (Wildman–Crippen MR) is 64.7 cm³/mol. The molecular formula is C13H17F4NO. The Bertz CT molecular complexity index is 406. The molecule has 0 radical (unpaired) electrons. The number of halogens is 4. The van der Waals surface area contributed by atoms with Crippen LogP contribution in [-0.4, -0.2) is 26.4 Å². The lowest BCUT2D eigenvalue weighted by atomic mass is 10.0. The van der Waals surface area contributed by atoms with Gasteiger partial charge >= 0.3 is 6.18 Å². The monoisotopic (exact) mass is 279 g/mol. The lowest BCUT2D eigenvalue weighted by Gasteiger charge is -2.15. The maximum Gasteiger partial charge on any atom is 0.401 e. The summed E-state index contributed by atoms with van der Waals surface area (Å²) in [5.41, 5.74) is 0.445. The third-order valence-corrected chi connectivity index (χ3v) is 2.65. The number of nitrogens with one attached hydrogen (secondary N) is 1. The van der Waals surface area contributed by atoms with Crippen LogP contribution in [0.5, 0.6) is 5.75 Å². The summed E-state index contributed by atoms with van der Waals surface area (Å²) < 4.78 is 54.5. The summed E-state index contributed by atoms with van der Waals surface area (Å²) in [5.74, 6) is -0.412. The van der Waals surface area contributed by atoms with Gasteiger partial charge in [0.15, 0.2) is 11.6 Å². The number of alkyl halides is 3. The molecule has 0 amide bonds. The Balaban J connectivity index is 2.51. The minimum absolute atomic E-state index is 0.107. The molecule has 0 aliphatic heterocycles. The molecule has 1 N–H and O–H groups in total. The van der Waals surface area contributed by atoms with Crippen molar-refractivity contribution < 1.29 is 22.3 Å². The normalized spacial score (nSPS) is 13.4. The van der Waals surface area contributed by atoms with Crippen LogP contribution in [0.2, 0.25) is 0 Å². The molecule has 1 unspecified atom stereocenters. The van der Waals surface area contributed by atoms with E-state index < -0.39 is 18.5 Å². The van der Waals surface area contributed by atoms with Crippen molar-refractivity contribution in [3.05, 3.63) is 29.6 Å². The Morgan fingerprint density at radius 1 is 1.32 bits per heavy atom. The third kappa shape index (κ3) is 5.46. The molecule has 0 aromatic heterocycles. The molecule has 0 aliphatic rings. The quantitative estimate of drug-likeness (QED) is 0.808. The van der Waals surface area contributed by atoms with Gasteiger partial charge in [0.25, 0.3) is 0 Å². The SMILES string of the molecule is COc1cccc(CC(C)CNCC(F)(F)F)c1F. The first kappa shape index (κ1) is 15.8. The highest BCUT2D eigenvalue weighted by atomic mass is 19.4. The molecule has 6 heteroatoms. The van der Waals surface area contributed by atoms with Crippen LogP contribution in [0.1, 0.15) is 12.5 Å². The predicted octanol–water partition coefficient (Wildman–Crippen LogP) is 3.16. The average Bonchev–Trinajstić information content (AvgIpc) is 2.30. The summed E-state index contributed by atoms with van der Waals surface area (Å²) in [6.45, 7) is 0.913. The van der Waals surface area contributed by atoms with Crippen LogP contribution in [0.3, 0.4) is 0 Å². The van der Waals surface area contributed by atoms with E-state index in [4.69, 9.17) is 4.74 Å². The van der Waals surface area contributed by atoms with E-state index in [2.05, 4.69) is 5.32 Å². The number of benzene rings is 1. The first-order valence-corrected chi connectivity index (χ1v) is 5.92. The number of methoxy groups -OCH3 is 1. The molecule has 2 nitrogen and oxygen atoms in total. The van der Waals surface area contributed by atoms with Crippen LogP contribution < -0.4 is 10.1 Å². The van der Waals surface area contributed by atoms with Crippen LogP contribution in [0.4, 0.5) is 17.6 Å². The Kier molecular flexibility index (Phi) is 5.60. The first-order chi connectivity index (χ1) is 8.83. The van der Waals surface area contributed by atoms with Crippen molar-refractivity contribution in [2.75, 3.05) is 20.2 Å². The second kappa shape index (κ2) is 6.75. The highest BCUT2D eigenvalue weighted by Gasteiger charge is 2.26. The molecule has 0 aliphatic carbocycles. The van der Waals surface area contributed by atoms with Crippen LogP contribution in [-0.2, 0) is 6.42 Å². The first-order valence-electron chi connectivity index (χ1n) is 5.92. The van der Waals surface area contributed by atoms with E-state index in [9.17, 15) is 17.6 Å². The fourth-order valence-electron chi connectivity index (χ4n) is 1.78. The summed E-state index contributed by atoms with van der Waals surface area (Å²) in [7, 11) is 1.37. The molecule has 108 valence electrons. The van der Waals surface area contributed by atoms with Gasteiger partial charge < -0.3 is 10.1 Å². The Hall–Kier alpha value is -1.30. The molecule has 19 heavy (non-hydrogen) atoms. The lowest BCUT2D eigenvalue weighted by Crippen LogP contribution is -2.32. The van der Waals surface area contributed by atoms with Crippen LogP contribution in [0, 0.1) is 11.7 Å². The zero-order valence-corrected chi connectivity index (χ0v) is 10.9. The van der Waals surface area contributed by atoms with E-state index in [0.29, 0.717) is 12.0 Å². The largest absolute Gasteiger partial charge is 0.494 e. The van der Waals surface area contributed by atoms with E-state index in [0.717, 1.165) is 0 Å². The zero-order chi connectivity index (χ0) is 14.5. The van der Waals surface area contributed by atoms with Crippen LogP contribution in [0.15, 0.2) is 18.2 Å². The van der Waals surface area contributed by atoms with Crippen LogP contribution >= 0.6 is 0 Å². The molecule has 1 aromatic rings. The maximum absolute atomic E-state index is 13.8. The Labute approximate surface area is 109 Å². The molecule has 0 spiro atoms. The van der Waals surface area contributed by atoms with Gasteiger partial charge in [-0.2, -0.15) is 13.2 Å². The van der Waals surface area contributed by atoms with E-state index in [1.807, 2.05) is 0 Å². The molecule has 0 fully saturated rings. The Morgan fingerprint density at radius 2 is 2.00 bits per heavy atom. The van der Waals surface area contributed by atoms with Crippen molar-refractivity contribution in [1.29, 1.82) is 0 Å². The van der Waals surface area contributed by atoms with Gasteiger partial charge in [0.05, 0.1) is 13.7 Å². The van der Waals surface area contributed by atoms with Crippen molar-refractivity contribution in [3.8, 4) is 5.75 Å². The molecule has 0 saturated carbocycles. The molecule has 1 atom stereocenters. The van der Waals surface area contributed by atoms with Gasteiger partial charge in [-0.1, -0.05) is 19.1 Å². The van der Waals surface area contributed by atoms with Gasteiger partial charge in [-0.15, -0.1) is 0 Å². The summed E-state index contributed by atoms with van der Waals surface area (Å²) in [5, 5.41) is 2.31. The highest BCUT2D eigenvalue weighted by Crippen LogP contribution is 2.22. The average molecular weight is 279 g/mol. The number of hydrogen-bond acceptors (Lipinski definition) is 2. The fourth-order valence-corrected chi connectivity index (χ4v) is 1.78. The van der Waals surface area contributed by atoms with Crippen LogP contribution in [0.25, 0.3) is 0 Å². The topological polar surface area (TPSA) is 21.3 Å². The fraction of sp³-hybridized carbons (Fsp3) is 0.538. The van der Waals surface area contributed by atoms with Crippen molar-refractivity contribution in [1.82, 2.24) is 5.32 Å². The summed E-state index contributed by atoms with van der Waals surface area (Å²) in [4.78, 5) is 0. The zero-order valence-electron chi connectivity index (χ0n) is 10.9. The van der Waals surface area contributed by atoms with E-state index in [1.165, 1.54) is 13.2 Å². The van der Waals surface area contributed by atoms with Gasteiger partial charge in [-0.25, -0.2) is 4.39 Å². The molecule has 0 bridgehead atoms. The van der Waals surface area contributed by atoms with Gasteiger partial charge in [-0.3, -0.25) is 0 Å². The summed E-state index contributed by atoms with van der Waals surface area (Å²) in [6, 6.07) is 4.77. The summed E-state index contributed by atoms with van der Waals surface area (Å²) in [6.07, 6.45) is -3.87. The number of rotatable bonds is 6. The lowest BCUT2D eigenvalue weighted by molar-refractivity contribution is -0.125. The van der Waals surface area contributed by atoms with Gasteiger partial charge in [0, 0.05) is 0 Å². The number of hydrogen-bond donors (Lipinski definition) is 1. The maximum atomic E-state index is 13.8. The van der Waals surface area contributed by atoms with Gasteiger partial charge in [-0.05, 0) is 30.5 Å². The standard InChI is InChI=1S/C13H17F4NO/c1-9(7-18-8-13(15,16)17)6-10-4-3-5-11(19-2)12(10)14/h3-5,9,18H,6-8H2,1-2H3. The van der Waals surface area contributed by atoms with Crippen molar-refractivity contribution in [2.45, 2.75) is 19.5 Å².